The van der Waals surface area contributed by atoms with Gasteiger partial charge in [-0.2, -0.15) is 5.10 Å². The molecule has 0 spiro atoms. The fourth-order valence-electron chi connectivity index (χ4n) is 2.81. The second-order valence-corrected chi connectivity index (χ2v) is 6.59. The number of rotatable bonds is 7. The van der Waals surface area contributed by atoms with Crippen molar-refractivity contribution in [3.05, 3.63) is 22.2 Å². The van der Waals surface area contributed by atoms with E-state index in [1.807, 2.05) is 13.0 Å². The number of carbonyl (C=O) groups is 1. The van der Waals surface area contributed by atoms with Gasteiger partial charge in [0.25, 0.3) is 5.91 Å². The average Bonchev–Trinajstić information content (AvgIpc) is 2.55. The number of carbonyl (C=O) groups excluding carboxylic acids is 1. The highest BCUT2D eigenvalue weighted by molar-refractivity contribution is 9.10. The van der Waals surface area contributed by atoms with Crippen molar-refractivity contribution in [3.8, 4) is 11.5 Å². The normalized spacial score (nSPS) is 15.4. The van der Waals surface area contributed by atoms with Crippen LogP contribution in [0.2, 0.25) is 0 Å². The van der Waals surface area contributed by atoms with Gasteiger partial charge in [0.2, 0.25) is 0 Å². The molecule has 0 unspecified atom stereocenters. The lowest BCUT2D eigenvalue weighted by atomic mass is 9.95. The van der Waals surface area contributed by atoms with Crippen LogP contribution in [0, 0.1) is 0 Å². The predicted molar refractivity (Wildman–Crippen MR) is 97.6 cm³/mol. The monoisotopic (exact) mass is 397 g/mol. The van der Waals surface area contributed by atoms with Crippen LogP contribution in [0.4, 0.5) is 0 Å². The van der Waals surface area contributed by atoms with Gasteiger partial charge >= 0.3 is 0 Å². The van der Waals surface area contributed by atoms with E-state index in [2.05, 4.69) is 26.3 Å². The first kappa shape index (κ1) is 18.6. The molecule has 3 N–H and O–H groups in total. The molecule has 0 saturated heterocycles. The Balaban J connectivity index is 2.00. The van der Waals surface area contributed by atoms with Gasteiger partial charge in [-0.15, -0.1) is 0 Å². The zero-order valence-electron chi connectivity index (χ0n) is 13.9. The minimum atomic E-state index is -0.108. The average molecular weight is 398 g/mol. The van der Waals surface area contributed by atoms with Gasteiger partial charge in [0.1, 0.15) is 0 Å². The Labute approximate surface area is 150 Å². The largest absolute Gasteiger partial charge is 0.490 e. The molecule has 1 fully saturated rings. The second kappa shape index (κ2) is 9.52. The molecule has 2 rings (SSSR count). The van der Waals surface area contributed by atoms with E-state index in [1.54, 1.807) is 6.07 Å². The van der Waals surface area contributed by atoms with Crippen LogP contribution < -0.4 is 20.6 Å². The number of halogens is 1. The van der Waals surface area contributed by atoms with Crippen LogP contribution in [-0.2, 0) is 4.79 Å². The number of hydrogen-bond acceptors (Lipinski definition) is 5. The first-order valence-electron chi connectivity index (χ1n) is 8.25. The highest BCUT2D eigenvalue weighted by Crippen LogP contribution is 2.36. The molecule has 0 bridgehead atoms. The van der Waals surface area contributed by atoms with Gasteiger partial charge in [-0.25, -0.2) is 0 Å². The smallest absolute Gasteiger partial charge is 0.258 e. The maximum atomic E-state index is 12.1. The van der Waals surface area contributed by atoms with Crippen LogP contribution in [0.3, 0.4) is 0 Å². The third-order valence-electron chi connectivity index (χ3n) is 3.87. The van der Waals surface area contributed by atoms with Crippen LogP contribution in [0.1, 0.15) is 44.6 Å². The highest BCUT2D eigenvalue weighted by atomic mass is 79.9. The highest BCUT2D eigenvalue weighted by Gasteiger charge is 2.17. The number of amides is 1. The van der Waals surface area contributed by atoms with Crippen molar-refractivity contribution in [1.82, 2.24) is 5.32 Å². The number of nitrogens with zero attached hydrogens (tertiary/aromatic N) is 1. The molecule has 1 aromatic rings. The van der Waals surface area contributed by atoms with Crippen molar-refractivity contribution in [3.63, 3.8) is 0 Å². The van der Waals surface area contributed by atoms with Crippen molar-refractivity contribution in [2.24, 2.45) is 10.9 Å². The maximum Gasteiger partial charge on any atom is 0.258 e. The Morgan fingerprint density at radius 1 is 1.38 bits per heavy atom. The van der Waals surface area contributed by atoms with Gasteiger partial charge in [-0.3, -0.25) is 4.79 Å². The minimum Gasteiger partial charge on any atom is -0.490 e. The zero-order chi connectivity index (χ0) is 17.4. The molecule has 0 aromatic heterocycles. The van der Waals surface area contributed by atoms with Crippen molar-refractivity contribution >= 4 is 28.1 Å². The van der Waals surface area contributed by atoms with Gasteiger partial charge in [0.15, 0.2) is 18.1 Å². The maximum absolute atomic E-state index is 12.1. The molecule has 132 valence electrons. The first-order valence-corrected chi connectivity index (χ1v) is 9.05. The number of hydrazone groups is 1. The molecule has 0 atom stereocenters. The summed E-state index contributed by atoms with van der Waals surface area (Å²) in [6.07, 6.45) is 7.23. The van der Waals surface area contributed by atoms with Crippen LogP contribution in [-0.4, -0.2) is 31.4 Å². The van der Waals surface area contributed by atoms with Gasteiger partial charge in [0.05, 0.1) is 17.3 Å². The Hall–Kier alpha value is -1.76. The summed E-state index contributed by atoms with van der Waals surface area (Å²) in [6.45, 7) is 2.33. The van der Waals surface area contributed by atoms with E-state index in [-0.39, 0.29) is 18.6 Å². The molecule has 7 heteroatoms. The van der Waals surface area contributed by atoms with Crippen LogP contribution in [0.5, 0.6) is 11.5 Å². The standard InChI is InChI=1S/C17H24BrN3O3/c1-2-23-15-9-12(10-20-19)8-14(18)17(15)24-11-16(22)21-13-6-4-3-5-7-13/h8-10,13H,2-7,11,19H2,1H3,(H,21,22). The van der Waals surface area contributed by atoms with Crippen molar-refractivity contribution in [1.29, 1.82) is 0 Å². The van der Waals surface area contributed by atoms with E-state index in [0.717, 1.165) is 18.4 Å². The fraction of sp³-hybridized carbons (Fsp3) is 0.529. The molecule has 0 radical (unpaired) electrons. The number of nitrogens with two attached hydrogens (primary N) is 1. The van der Waals surface area contributed by atoms with Crippen molar-refractivity contribution in [2.75, 3.05) is 13.2 Å². The number of nitrogens with one attached hydrogen (secondary N) is 1. The number of ether oxygens (including phenoxy) is 2. The Morgan fingerprint density at radius 3 is 2.79 bits per heavy atom. The lowest BCUT2D eigenvalue weighted by molar-refractivity contribution is -0.124. The molecule has 1 aliphatic rings. The number of hydrogen-bond donors (Lipinski definition) is 2. The van der Waals surface area contributed by atoms with Crippen molar-refractivity contribution < 1.29 is 14.3 Å². The minimum absolute atomic E-state index is 0.0422. The Morgan fingerprint density at radius 2 is 2.12 bits per heavy atom. The van der Waals surface area contributed by atoms with Crippen LogP contribution in [0.25, 0.3) is 0 Å². The summed E-state index contributed by atoms with van der Waals surface area (Å²) in [4.78, 5) is 12.1. The van der Waals surface area contributed by atoms with Crippen molar-refractivity contribution in [2.45, 2.75) is 45.1 Å². The van der Waals surface area contributed by atoms with E-state index in [0.29, 0.717) is 22.6 Å². The lowest BCUT2D eigenvalue weighted by Crippen LogP contribution is -2.39. The third kappa shape index (κ3) is 5.40. The Kier molecular flexibility index (Phi) is 7.36. The lowest BCUT2D eigenvalue weighted by Gasteiger charge is -2.23. The van der Waals surface area contributed by atoms with E-state index >= 15 is 0 Å². The molecular weight excluding hydrogens is 374 g/mol. The quantitative estimate of drug-likeness (QED) is 0.420. The topological polar surface area (TPSA) is 85.9 Å². The molecule has 1 amide bonds. The summed E-state index contributed by atoms with van der Waals surface area (Å²) in [7, 11) is 0. The summed E-state index contributed by atoms with van der Waals surface area (Å²) in [5.41, 5.74) is 0.784. The molecule has 24 heavy (non-hydrogen) atoms. The number of benzene rings is 1. The van der Waals surface area contributed by atoms with Gasteiger partial charge in [-0.05, 0) is 53.4 Å². The molecule has 1 saturated carbocycles. The van der Waals surface area contributed by atoms with E-state index < -0.39 is 0 Å². The molecule has 6 nitrogen and oxygen atoms in total. The summed E-state index contributed by atoms with van der Waals surface area (Å²) >= 11 is 3.45. The third-order valence-corrected chi connectivity index (χ3v) is 4.46. The molecule has 1 aromatic carbocycles. The zero-order valence-corrected chi connectivity index (χ0v) is 15.5. The van der Waals surface area contributed by atoms with E-state index in [9.17, 15) is 4.79 Å². The predicted octanol–water partition coefficient (Wildman–Crippen LogP) is 2.97. The SMILES string of the molecule is CCOc1cc(C=NN)cc(Br)c1OCC(=O)NC1CCCCC1. The molecule has 0 heterocycles. The summed E-state index contributed by atoms with van der Waals surface area (Å²) < 4.78 is 12.0. The molecular formula is C17H24BrN3O3. The van der Waals surface area contributed by atoms with Gasteiger partial charge in [-0.1, -0.05) is 19.3 Å². The Bertz CT molecular complexity index is 587. The fourth-order valence-corrected chi connectivity index (χ4v) is 3.38. The van der Waals surface area contributed by atoms with Crippen LogP contribution >= 0.6 is 15.9 Å². The second-order valence-electron chi connectivity index (χ2n) is 5.73. The summed E-state index contributed by atoms with van der Waals surface area (Å²) in [5.74, 6) is 6.13. The molecule has 1 aliphatic carbocycles. The van der Waals surface area contributed by atoms with E-state index in [4.69, 9.17) is 15.3 Å². The first-order chi connectivity index (χ1) is 11.6. The summed E-state index contributed by atoms with van der Waals surface area (Å²) in [6, 6.07) is 3.86. The van der Waals surface area contributed by atoms with E-state index in [1.165, 1.54) is 25.5 Å². The summed E-state index contributed by atoms with van der Waals surface area (Å²) in [5, 5.41) is 6.54. The van der Waals surface area contributed by atoms with Gasteiger partial charge < -0.3 is 20.6 Å². The van der Waals surface area contributed by atoms with Crippen LogP contribution in [0.15, 0.2) is 21.7 Å². The van der Waals surface area contributed by atoms with Gasteiger partial charge in [0, 0.05) is 6.04 Å². The molecule has 0 aliphatic heterocycles.